The van der Waals surface area contributed by atoms with Crippen LogP contribution in [0.4, 0.5) is 4.79 Å². The van der Waals surface area contributed by atoms with Crippen LogP contribution in [0.1, 0.15) is 76.7 Å². The number of carboxylic acids is 1. The molecule has 3 N–H and O–H groups in total. The van der Waals surface area contributed by atoms with Crippen LogP contribution in [0.25, 0.3) is 11.1 Å². The number of cyclic esters (lactones) is 1. The number of carbonyl (C=O) groups is 4. The van der Waals surface area contributed by atoms with Crippen molar-refractivity contribution in [2.24, 2.45) is 5.92 Å². The summed E-state index contributed by atoms with van der Waals surface area (Å²) in [4.78, 5) is 54.5. The van der Waals surface area contributed by atoms with Crippen molar-refractivity contribution in [3.63, 3.8) is 0 Å². The van der Waals surface area contributed by atoms with Gasteiger partial charge in [-0.2, -0.15) is 0 Å². The van der Waals surface area contributed by atoms with Gasteiger partial charge in [0.15, 0.2) is 0 Å². The Bertz CT molecular complexity index is 1450. The van der Waals surface area contributed by atoms with Gasteiger partial charge in [0.1, 0.15) is 29.5 Å². The standard InChI is InChI=1S/C37H47N3O7/c1-3-5-17-30-34(42)40-24-29(22-31(40)33(41)39-37(35(43)44)23-28(37)4-2)47-32-21-27(25-14-11-9-12-15-25)19-18-26(32)16-10-7-6-8-13-20-46-36(45)38-30/h4,9,11-12,14-15,18-19,21,28-31H,2-3,5-8,10,13,16-17,20,22-24H2,1H3,(H,38,45)(H,39,41)(H,43,44)/t28-,29+,30-,31-,37-/m0/s1. The molecule has 2 heterocycles. The zero-order chi connectivity index (χ0) is 33.4. The Hall–Kier alpha value is -4.34. The maximum absolute atomic E-state index is 14.2. The second-order valence-corrected chi connectivity index (χ2v) is 13.0. The molecule has 2 aromatic carbocycles. The van der Waals surface area contributed by atoms with E-state index in [1.165, 1.54) is 11.0 Å². The van der Waals surface area contributed by atoms with Crippen LogP contribution in [0.5, 0.6) is 5.75 Å². The number of aryl methyl sites for hydroxylation is 1. The molecule has 10 nitrogen and oxygen atoms in total. The minimum Gasteiger partial charge on any atom is -0.488 e. The third-order valence-corrected chi connectivity index (χ3v) is 9.60. The summed E-state index contributed by atoms with van der Waals surface area (Å²) >= 11 is 0. The number of fused-ring (bicyclic) bond motifs is 3. The number of hydrogen-bond acceptors (Lipinski definition) is 6. The first-order valence-electron chi connectivity index (χ1n) is 17.0. The van der Waals surface area contributed by atoms with Gasteiger partial charge in [-0.15, -0.1) is 6.58 Å². The Morgan fingerprint density at radius 3 is 2.57 bits per heavy atom. The van der Waals surface area contributed by atoms with Gasteiger partial charge < -0.3 is 30.1 Å². The molecule has 0 spiro atoms. The van der Waals surface area contributed by atoms with Crippen LogP contribution in [0.15, 0.2) is 61.2 Å². The van der Waals surface area contributed by atoms with Crippen LogP contribution in [-0.2, 0) is 25.5 Å². The molecular weight excluding hydrogens is 598 g/mol. The fourth-order valence-electron chi connectivity index (χ4n) is 6.72. The van der Waals surface area contributed by atoms with Crippen LogP contribution in [0, 0.1) is 5.92 Å². The van der Waals surface area contributed by atoms with Crippen molar-refractivity contribution in [1.82, 2.24) is 15.5 Å². The first-order chi connectivity index (χ1) is 22.8. The normalized spacial score (nSPS) is 26.8. The van der Waals surface area contributed by atoms with E-state index >= 15 is 0 Å². The maximum atomic E-state index is 14.2. The van der Waals surface area contributed by atoms with Crippen molar-refractivity contribution in [2.45, 2.75) is 101 Å². The van der Waals surface area contributed by atoms with Crippen molar-refractivity contribution in [2.75, 3.05) is 13.2 Å². The van der Waals surface area contributed by atoms with Crippen molar-refractivity contribution in [3.8, 4) is 16.9 Å². The minimum atomic E-state index is -1.44. The molecule has 2 aromatic rings. The summed E-state index contributed by atoms with van der Waals surface area (Å²) in [7, 11) is 0. The zero-order valence-corrected chi connectivity index (χ0v) is 27.2. The summed E-state index contributed by atoms with van der Waals surface area (Å²) in [6.45, 7) is 6.09. The maximum Gasteiger partial charge on any atom is 0.407 e. The molecule has 3 amide bonds. The number of carbonyl (C=O) groups excluding carboxylic acids is 3. The number of aliphatic carboxylic acids is 1. The zero-order valence-electron chi connectivity index (χ0n) is 27.2. The smallest absolute Gasteiger partial charge is 0.407 e. The first kappa shape index (κ1) is 34.0. The van der Waals surface area contributed by atoms with Gasteiger partial charge in [0.2, 0.25) is 11.8 Å². The molecule has 2 aliphatic heterocycles. The van der Waals surface area contributed by atoms with Crippen LogP contribution in [-0.4, -0.2) is 70.8 Å². The number of rotatable bonds is 8. The summed E-state index contributed by atoms with van der Waals surface area (Å²) in [5, 5.41) is 15.5. The molecule has 1 saturated carbocycles. The molecule has 0 unspecified atom stereocenters. The van der Waals surface area contributed by atoms with E-state index in [1.54, 1.807) is 0 Å². The van der Waals surface area contributed by atoms with Crippen LogP contribution in [0.3, 0.4) is 0 Å². The summed E-state index contributed by atoms with van der Waals surface area (Å²) in [5.41, 5.74) is 1.67. The Labute approximate surface area is 276 Å². The summed E-state index contributed by atoms with van der Waals surface area (Å²) in [6, 6.07) is 14.4. The van der Waals surface area contributed by atoms with Gasteiger partial charge in [0.05, 0.1) is 13.2 Å². The van der Waals surface area contributed by atoms with E-state index in [0.29, 0.717) is 18.6 Å². The number of hydrogen-bond donors (Lipinski definition) is 3. The topological polar surface area (TPSA) is 134 Å². The van der Waals surface area contributed by atoms with Crippen LogP contribution in [0.2, 0.25) is 0 Å². The van der Waals surface area contributed by atoms with Gasteiger partial charge in [0, 0.05) is 12.3 Å². The van der Waals surface area contributed by atoms with Gasteiger partial charge in [-0.3, -0.25) is 9.59 Å². The van der Waals surface area contributed by atoms with E-state index in [4.69, 9.17) is 9.47 Å². The highest BCUT2D eigenvalue weighted by Crippen LogP contribution is 2.45. The summed E-state index contributed by atoms with van der Waals surface area (Å²) in [5.74, 6) is -1.80. The van der Waals surface area contributed by atoms with Gasteiger partial charge >= 0.3 is 12.1 Å². The number of ether oxygens (including phenoxy) is 2. The van der Waals surface area contributed by atoms with E-state index in [-0.39, 0.29) is 26.0 Å². The van der Waals surface area contributed by atoms with Crippen molar-refractivity contribution >= 4 is 23.9 Å². The molecule has 1 saturated heterocycles. The van der Waals surface area contributed by atoms with Crippen LogP contribution < -0.4 is 15.4 Å². The molecule has 5 rings (SSSR count). The predicted octanol–water partition coefficient (Wildman–Crippen LogP) is 5.64. The Kier molecular flexibility index (Phi) is 11.2. The number of carboxylic acid groups (broad SMARTS) is 1. The molecule has 252 valence electrons. The molecule has 2 fully saturated rings. The molecular formula is C37H47N3O7. The Morgan fingerprint density at radius 2 is 1.85 bits per heavy atom. The fourth-order valence-corrected chi connectivity index (χ4v) is 6.72. The molecule has 47 heavy (non-hydrogen) atoms. The quantitative estimate of drug-likeness (QED) is 0.317. The van der Waals surface area contributed by atoms with E-state index in [0.717, 1.165) is 61.6 Å². The number of unbranched alkanes of at least 4 members (excludes halogenated alkanes) is 1. The van der Waals surface area contributed by atoms with Gasteiger partial charge in [0.25, 0.3) is 0 Å². The molecule has 0 aromatic heterocycles. The Morgan fingerprint density at radius 1 is 1.09 bits per heavy atom. The van der Waals surface area contributed by atoms with Gasteiger partial charge in [-0.1, -0.05) is 87.6 Å². The summed E-state index contributed by atoms with van der Waals surface area (Å²) in [6.07, 6.45) is 8.08. The lowest BCUT2D eigenvalue weighted by molar-refractivity contribution is -0.145. The lowest BCUT2D eigenvalue weighted by Gasteiger charge is -2.29. The molecule has 1 aliphatic carbocycles. The largest absolute Gasteiger partial charge is 0.488 e. The van der Waals surface area contributed by atoms with E-state index < -0.39 is 53.5 Å². The minimum absolute atomic E-state index is 0.107. The van der Waals surface area contributed by atoms with E-state index in [9.17, 15) is 24.3 Å². The molecule has 5 atom stereocenters. The first-order valence-corrected chi connectivity index (χ1v) is 17.0. The molecule has 3 aliphatic rings. The monoisotopic (exact) mass is 645 g/mol. The molecule has 0 radical (unpaired) electrons. The lowest BCUT2D eigenvalue weighted by atomic mass is 9.99. The highest BCUT2D eigenvalue weighted by Gasteiger charge is 2.61. The van der Waals surface area contributed by atoms with E-state index in [1.807, 2.05) is 43.3 Å². The highest BCUT2D eigenvalue weighted by atomic mass is 16.5. The highest BCUT2D eigenvalue weighted by molar-refractivity contribution is 5.96. The van der Waals surface area contributed by atoms with E-state index in [2.05, 4.69) is 29.3 Å². The van der Waals surface area contributed by atoms with Gasteiger partial charge in [-0.25, -0.2) is 9.59 Å². The number of nitrogens with one attached hydrogen (secondary N) is 2. The average molecular weight is 646 g/mol. The molecule has 2 bridgehead atoms. The van der Waals surface area contributed by atoms with Crippen LogP contribution >= 0.6 is 0 Å². The summed E-state index contributed by atoms with van der Waals surface area (Å²) < 4.78 is 12.1. The van der Waals surface area contributed by atoms with Crippen molar-refractivity contribution in [3.05, 3.63) is 66.7 Å². The molecule has 10 heteroatoms. The van der Waals surface area contributed by atoms with Gasteiger partial charge in [-0.05, 0) is 54.9 Å². The third-order valence-electron chi connectivity index (χ3n) is 9.60. The number of benzene rings is 2. The Balaban J connectivity index is 1.47. The van der Waals surface area contributed by atoms with Crippen molar-refractivity contribution in [1.29, 1.82) is 0 Å². The lowest BCUT2D eigenvalue weighted by Crippen LogP contribution is -2.56. The predicted molar refractivity (Wildman–Crippen MR) is 178 cm³/mol. The number of nitrogens with zero attached hydrogens (tertiary/aromatic N) is 1. The SMILES string of the molecule is C=C[C@H]1C[C@@]1(NC(=O)[C@@H]1C[C@@H]2CN1C(=O)[C@H](CCCC)NC(=O)OCCCCCCCc1ccc(-c3ccccc3)cc1O2)C(=O)O. The second-order valence-electron chi connectivity index (χ2n) is 13.0. The third kappa shape index (κ3) is 8.15. The average Bonchev–Trinajstić information content (AvgIpc) is 3.64. The fraction of sp³-hybridized carbons (Fsp3) is 0.514. The van der Waals surface area contributed by atoms with Crippen molar-refractivity contribution < 1.29 is 33.8 Å². The number of amides is 3. The number of alkyl carbamates (subject to hydrolysis) is 1. The second kappa shape index (κ2) is 15.5.